The maximum atomic E-state index is 9.42. The lowest BCUT2D eigenvalue weighted by molar-refractivity contribution is 0.373. The number of ether oxygens (including phenoxy) is 1. The molecule has 1 heterocycles. The fourth-order valence-electron chi connectivity index (χ4n) is 1.22. The molecule has 1 aromatic carbocycles. The molecule has 1 aromatic rings. The van der Waals surface area contributed by atoms with E-state index >= 15 is 0 Å². The predicted molar refractivity (Wildman–Crippen MR) is 45.4 cm³/mol. The summed E-state index contributed by atoms with van der Waals surface area (Å²) < 4.78 is 4.93. The Kier molecular flexibility index (Phi) is 1.66. The van der Waals surface area contributed by atoms with Crippen LogP contribution in [-0.4, -0.2) is 18.8 Å². The lowest BCUT2D eigenvalue weighted by Crippen LogP contribution is -1.87. The van der Waals surface area contributed by atoms with Crippen LogP contribution in [-0.2, 0) is 0 Å². The van der Waals surface area contributed by atoms with E-state index in [-0.39, 0.29) is 5.75 Å². The van der Waals surface area contributed by atoms with Gasteiger partial charge in [0.05, 0.1) is 7.11 Å². The number of hydrogen-bond acceptors (Lipinski definition) is 3. The monoisotopic (exact) mass is 165 g/mol. The van der Waals surface area contributed by atoms with Gasteiger partial charge in [-0.3, -0.25) is 0 Å². The second-order valence-electron chi connectivity index (χ2n) is 2.89. The van der Waals surface area contributed by atoms with E-state index in [0.29, 0.717) is 11.8 Å². The molecule has 0 radical (unpaired) electrons. The first-order valence-electron chi connectivity index (χ1n) is 3.91. The Hall–Kier alpha value is -1.22. The average Bonchev–Trinajstić information content (AvgIpc) is 2.86. The van der Waals surface area contributed by atoms with Crippen molar-refractivity contribution in [1.29, 1.82) is 0 Å². The molecule has 0 amide bonds. The summed E-state index contributed by atoms with van der Waals surface area (Å²) in [4.78, 5) is 0. The molecule has 0 aliphatic carbocycles. The normalized spacial score (nSPS) is 20.6. The molecule has 1 fully saturated rings. The van der Waals surface area contributed by atoms with Crippen molar-refractivity contribution in [1.82, 2.24) is 5.32 Å². The number of aromatic hydroxyl groups is 1. The van der Waals surface area contributed by atoms with E-state index in [0.717, 1.165) is 12.1 Å². The van der Waals surface area contributed by atoms with Crippen LogP contribution in [0.1, 0.15) is 11.6 Å². The minimum Gasteiger partial charge on any atom is -0.504 e. The second-order valence-corrected chi connectivity index (χ2v) is 2.89. The van der Waals surface area contributed by atoms with E-state index in [1.807, 2.05) is 6.07 Å². The zero-order valence-corrected chi connectivity index (χ0v) is 6.87. The van der Waals surface area contributed by atoms with Crippen LogP contribution >= 0.6 is 0 Å². The van der Waals surface area contributed by atoms with Gasteiger partial charge in [-0.15, -0.1) is 0 Å². The van der Waals surface area contributed by atoms with Gasteiger partial charge < -0.3 is 15.2 Å². The van der Waals surface area contributed by atoms with Crippen LogP contribution in [0, 0.1) is 0 Å². The Balaban J connectivity index is 2.30. The van der Waals surface area contributed by atoms with Gasteiger partial charge in [0, 0.05) is 12.6 Å². The highest BCUT2D eigenvalue weighted by molar-refractivity contribution is 5.43. The lowest BCUT2D eigenvalue weighted by Gasteiger charge is -2.04. The number of methoxy groups -OCH3 is 1. The van der Waals surface area contributed by atoms with E-state index in [1.165, 1.54) is 0 Å². The van der Waals surface area contributed by atoms with Gasteiger partial charge in [0.15, 0.2) is 11.5 Å². The summed E-state index contributed by atoms with van der Waals surface area (Å²) in [5.41, 5.74) is 1.12. The Morgan fingerprint density at radius 1 is 1.58 bits per heavy atom. The smallest absolute Gasteiger partial charge is 0.160 e. The number of nitrogens with one attached hydrogen (secondary N) is 1. The van der Waals surface area contributed by atoms with Crippen LogP contribution in [0.2, 0.25) is 0 Å². The van der Waals surface area contributed by atoms with E-state index in [2.05, 4.69) is 5.32 Å². The molecule has 64 valence electrons. The zero-order chi connectivity index (χ0) is 8.55. The van der Waals surface area contributed by atoms with Crippen LogP contribution in [0.25, 0.3) is 0 Å². The zero-order valence-electron chi connectivity index (χ0n) is 6.87. The molecule has 3 nitrogen and oxygen atoms in total. The van der Waals surface area contributed by atoms with Gasteiger partial charge in [-0.2, -0.15) is 0 Å². The van der Waals surface area contributed by atoms with E-state index < -0.39 is 0 Å². The summed E-state index contributed by atoms with van der Waals surface area (Å²) in [7, 11) is 1.55. The van der Waals surface area contributed by atoms with Crippen molar-refractivity contribution < 1.29 is 9.84 Å². The number of benzene rings is 1. The summed E-state index contributed by atoms with van der Waals surface area (Å²) in [6.45, 7) is 1.01. The largest absolute Gasteiger partial charge is 0.504 e. The summed E-state index contributed by atoms with van der Waals surface area (Å²) >= 11 is 0. The van der Waals surface area contributed by atoms with Crippen LogP contribution < -0.4 is 10.1 Å². The van der Waals surface area contributed by atoms with Crippen LogP contribution in [0.3, 0.4) is 0 Å². The Morgan fingerprint density at radius 2 is 2.33 bits per heavy atom. The summed E-state index contributed by atoms with van der Waals surface area (Å²) in [6.07, 6.45) is 0. The average molecular weight is 165 g/mol. The molecule has 2 N–H and O–H groups in total. The minimum atomic E-state index is 0.212. The first kappa shape index (κ1) is 7.43. The Labute approximate surface area is 71.0 Å². The number of rotatable bonds is 2. The topological polar surface area (TPSA) is 51.4 Å². The fraction of sp³-hybridized carbons (Fsp3) is 0.333. The van der Waals surface area contributed by atoms with Crippen molar-refractivity contribution >= 4 is 0 Å². The molecule has 1 atom stereocenters. The first-order chi connectivity index (χ1) is 5.81. The Morgan fingerprint density at radius 3 is 2.83 bits per heavy atom. The van der Waals surface area contributed by atoms with Crippen molar-refractivity contribution in [3.8, 4) is 11.5 Å². The van der Waals surface area contributed by atoms with Crippen molar-refractivity contribution in [3.05, 3.63) is 23.8 Å². The molecular weight excluding hydrogens is 154 g/mol. The van der Waals surface area contributed by atoms with Crippen molar-refractivity contribution in [2.45, 2.75) is 6.04 Å². The van der Waals surface area contributed by atoms with E-state index in [9.17, 15) is 5.11 Å². The maximum absolute atomic E-state index is 9.42. The highest BCUT2D eigenvalue weighted by atomic mass is 16.5. The van der Waals surface area contributed by atoms with E-state index in [1.54, 1.807) is 19.2 Å². The number of phenols is 1. The van der Waals surface area contributed by atoms with E-state index in [4.69, 9.17) is 4.74 Å². The fourth-order valence-corrected chi connectivity index (χ4v) is 1.22. The molecule has 1 saturated heterocycles. The van der Waals surface area contributed by atoms with Gasteiger partial charge in [-0.1, -0.05) is 6.07 Å². The summed E-state index contributed by atoms with van der Waals surface area (Å²) in [6, 6.07) is 5.92. The molecule has 3 heteroatoms. The summed E-state index contributed by atoms with van der Waals surface area (Å²) in [5.74, 6) is 0.739. The highest BCUT2D eigenvalue weighted by Gasteiger charge is 2.22. The molecule has 0 unspecified atom stereocenters. The number of hydrogen-bond donors (Lipinski definition) is 2. The molecule has 1 aliphatic heterocycles. The third-order valence-electron chi connectivity index (χ3n) is 2.01. The second kappa shape index (κ2) is 2.68. The predicted octanol–water partition coefficient (Wildman–Crippen LogP) is 1.05. The molecule has 2 rings (SSSR count). The van der Waals surface area contributed by atoms with Gasteiger partial charge in [0.1, 0.15) is 0 Å². The third-order valence-corrected chi connectivity index (χ3v) is 2.01. The van der Waals surface area contributed by atoms with Crippen molar-refractivity contribution in [3.63, 3.8) is 0 Å². The third kappa shape index (κ3) is 1.23. The molecule has 0 spiro atoms. The van der Waals surface area contributed by atoms with Gasteiger partial charge in [0.2, 0.25) is 0 Å². The van der Waals surface area contributed by atoms with Crippen molar-refractivity contribution in [2.24, 2.45) is 0 Å². The number of phenolic OH excluding ortho intramolecular Hbond substituents is 1. The highest BCUT2D eigenvalue weighted by Crippen LogP contribution is 2.31. The molecule has 0 aromatic heterocycles. The summed E-state index contributed by atoms with van der Waals surface area (Å²) in [5, 5.41) is 12.6. The van der Waals surface area contributed by atoms with Crippen LogP contribution in [0.4, 0.5) is 0 Å². The Bertz CT molecular complexity index is 295. The molecular formula is C9H11NO2. The van der Waals surface area contributed by atoms with Gasteiger partial charge in [0.25, 0.3) is 0 Å². The lowest BCUT2D eigenvalue weighted by atomic mass is 10.1. The van der Waals surface area contributed by atoms with Crippen LogP contribution in [0.5, 0.6) is 11.5 Å². The molecule has 1 aliphatic rings. The standard InChI is InChI=1S/C9H11NO2/c1-12-9-3-2-6(4-8(9)11)7-5-10-7/h2-4,7,10-11H,5H2,1H3/t7-/m1/s1. The van der Waals surface area contributed by atoms with Gasteiger partial charge >= 0.3 is 0 Å². The molecule has 0 bridgehead atoms. The quantitative estimate of drug-likeness (QED) is 0.644. The first-order valence-corrected chi connectivity index (χ1v) is 3.91. The molecule has 0 saturated carbocycles. The molecule has 12 heavy (non-hydrogen) atoms. The SMILES string of the molecule is COc1ccc([C@H]2CN2)cc1O. The van der Waals surface area contributed by atoms with Crippen molar-refractivity contribution in [2.75, 3.05) is 13.7 Å². The van der Waals surface area contributed by atoms with Crippen LogP contribution in [0.15, 0.2) is 18.2 Å². The minimum absolute atomic E-state index is 0.212. The maximum Gasteiger partial charge on any atom is 0.160 e. The van der Waals surface area contributed by atoms with Gasteiger partial charge in [-0.05, 0) is 17.7 Å². The van der Waals surface area contributed by atoms with Gasteiger partial charge in [-0.25, -0.2) is 0 Å².